The number of amides is 1. The van der Waals surface area contributed by atoms with E-state index in [2.05, 4.69) is 5.32 Å². The van der Waals surface area contributed by atoms with Gasteiger partial charge in [0.25, 0.3) is 0 Å². The van der Waals surface area contributed by atoms with Crippen LogP contribution >= 0.6 is 11.6 Å². The molecule has 0 atom stereocenters. The molecular formula is C12H14ClNO2. The Hall–Kier alpha value is -1.35. The topological polar surface area (TPSA) is 46.2 Å². The van der Waals surface area contributed by atoms with Gasteiger partial charge in [0.15, 0.2) is 0 Å². The number of benzene rings is 1. The largest absolute Gasteiger partial charge is 0.326 e. The van der Waals surface area contributed by atoms with Crippen molar-refractivity contribution in [2.45, 2.75) is 26.7 Å². The monoisotopic (exact) mass is 239 g/mol. The Bertz CT molecular complexity index is 415. The lowest BCUT2D eigenvalue weighted by Gasteiger charge is -2.07. The fraction of sp³-hybridized carbons (Fsp3) is 0.333. The zero-order valence-corrected chi connectivity index (χ0v) is 10.1. The van der Waals surface area contributed by atoms with Crippen molar-refractivity contribution in [3.05, 3.63) is 28.8 Å². The summed E-state index contributed by atoms with van der Waals surface area (Å²) in [5, 5.41) is 3.30. The van der Waals surface area contributed by atoms with Crippen LogP contribution in [-0.4, -0.2) is 11.7 Å². The van der Waals surface area contributed by atoms with Crippen LogP contribution < -0.4 is 5.32 Å². The first-order valence-corrected chi connectivity index (χ1v) is 5.42. The molecule has 1 rings (SSSR count). The highest BCUT2D eigenvalue weighted by atomic mass is 35.5. The summed E-state index contributed by atoms with van der Waals surface area (Å²) in [6.45, 7) is 3.00. The Morgan fingerprint density at radius 2 is 2.00 bits per heavy atom. The average molecular weight is 240 g/mol. The molecular weight excluding hydrogens is 226 g/mol. The van der Waals surface area contributed by atoms with Crippen LogP contribution in [0.25, 0.3) is 0 Å². The third-order valence-electron chi connectivity index (χ3n) is 2.11. The number of carbonyl (C=O) groups excluding carboxylic acids is 2. The van der Waals surface area contributed by atoms with Gasteiger partial charge in [-0.15, -0.1) is 0 Å². The van der Waals surface area contributed by atoms with Gasteiger partial charge in [-0.25, -0.2) is 0 Å². The van der Waals surface area contributed by atoms with Crippen molar-refractivity contribution >= 4 is 29.0 Å². The van der Waals surface area contributed by atoms with Crippen LogP contribution in [0.3, 0.4) is 0 Å². The van der Waals surface area contributed by atoms with Crippen LogP contribution in [0.15, 0.2) is 18.2 Å². The van der Waals surface area contributed by atoms with E-state index < -0.39 is 0 Å². The van der Waals surface area contributed by atoms with Crippen molar-refractivity contribution in [3.8, 4) is 0 Å². The zero-order chi connectivity index (χ0) is 12.1. The predicted octanol–water partition coefficient (Wildman–Crippen LogP) is 2.82. The lowest BCUT2D eigenvalue weighted by atomic mass is 10.1. The lowest BCUT2D eigenvalue weighted by Crippen LogP contribution is -2.06. The molecule has 1 amide bonds. The summed E-state index contributed by atoms with van der Waals surface area (Å²) in [5.74, 6) is 0.000775. The van der Waals surface area contributed by atoms with Gasteiger partial charge in [0.05, 0.1) is 0 Å². The van der Waals surface area contributed by atoms with E-state index in [4.69, 9.17) is 11.6 Å². The summed E-state index contributed by atoms with van der Waals surface area (Å²) in [6.07, 6.45) is 1.06. The van der Waals surface area contributed by atoms with E-state index in [1.807, 2.05) is 0 Å². The quantitative estimate of drug-likeness (QED) is 0.878. The van der Waals surface area contributed by atoms with E-state index in [0.717, 1.165) is 5.56 Å². The number of rotatable bonds is 4. The Morgan fingerprint density at radius 3 is 2.56 bits per heavy atom. The van der Waals surface area contributed by atoms with E-state index in [-0.39, 0.29) is 11.7 Å². The number of carbonyl (C=O) groups is 2. The number of hydrogen-bond acceptors (Lipinski definition) is 2. The highest BCUT2D eigenvalue weighted by molar-refractivity contribution is 6.31. The summed E-state index contributed by atoms with van der Waals surface area (Å²) in [6, 6.07) is 5.26. The summed E-state index contributed by atoms with van der Waals surface area (Å²) >= 11 is 5.99. The van der Waals surface area contributed by atoms with E-state index in [9.17, 15) is 9.59 Å². The van der Waals surface area contributed by atoms with Gasteiger partial charge in [-0.05, 0) is 37.1 Å². The van der Waals surface area contributed by atoms with E-state index in [1.54, 1.807) is 25.1 Å². The number of nitrogens with one attached hydrogen (secondary N) is 1. The first-order valence-electron chi connectivity index (χ1n) is 5.04. The van der Waals surface area contributed by atoms with Crippen molar-refractivity contribution in [1.29, 1.82) is 0 Å². The molecule has 0 unspecified atom stereocenters. The molecule has 0 fully saturated rings. The molecule has 0 bridgehead atoms. The molecule has 0 aliphatic carbocycles. The zero-order valence-electron chi connectivity index (χ0n) is 9.34. The number of aryl methyl sites for hydroxylation is 1. The standard InChI is InChI=1S/C12H14ClNO2/c1-8(15)3-4-10-7-11(14-9(2)16)5-6-12(10)13/h5-7H,3-4H2,1-2H3,(H,14,16). The molecule has 0 heterocycles. The van der Waals surface area contributed by atoms with Crippen LogP contribution in [0.1, 0.15) is 25.8 Å². The number of hydrogen-bond donors (Lipinski definition) is 1. The molecule has 16 heavy (non-hydrogen) atoms. The van der Waals surface area contributed by atoms with Crippen LogP contribution in [0.4, 0.5) is 5.69 Å². The molecule has 0 aromatic heterocycles. The minimum Gasteiger partial charge on any atom is -0.326 e. The van der Waals surface area contributed by atoms with Gasteiger partial charge in [-0.3, -0.25) is 4.79 Å². The lowest BCUT2D eigenvalue weighted by molar-refractivity contribution is -0.117. The molecule has 0 aliphatic rings. The van der Waals surface area contributed by atoms with Gasteiger partial charge >= 0.3 is 0 Å². The predicted molar refractivity (Wildman–Crippen MR) is 64.8 cm³/mol. The van der Waals surface area contributed by atoms with Crippen LogP contribution in [0.2, 0.25) is 5.02 Å². The number of Topliss-reactive ketones (excluding diaryl/α,β-unsaturated/α-hetero) is 1. The third kappa shape index (κ3) is 4.03. The molecule has 3 nitrogen and oxygen atoms in total. The average Bonchev–Trinajstić information content (AvgIpc) is 2.18. The fourth-order valence-corrected chi connectivity index (χ4v) is 1.57. The molecule has 0 saturated carbocycles. The normalized spacial score (nSPS) is 9.94. The Morgan fingerprint density at radius 1 is 1.31 bits per heavy atom. The number of halogens is 1. The maximum atomic E-state index is 10.9. The van der Waals surface area contributed by atoms with E-state index in [0.29, 0.717) is 23.6 Å². The van der Waals surface area contributed by atoms with Crippen LogP contribution in [-0.2, 0) is 16.0 Å². The minimum atomic E-state index is -0.125. The van der Waals surface area contributed by atoms with Gasteiger partial charge in [-0.2, -0.15) is 0 Å². The van der Waals surface area contributed by atoms with Crippen molar-refractivity contribution in [1.82, 2.24) is 0 Å². The molecule has 1 N–H and O–H groups in total. The second-order valence-corrected chi connectivity index (χ2v) is 4.10. The first-order chi connectivity index (χ1) is 7.49. The Kier molecular flexibility index (Phi) is 4.50. The Balaban J connectivity index is 2.81. The van der Waals surface area contributed by atoms with Crippen molar-refractivity contribution in [3.63, 3.8) is 0 Å². The fourth-order valence-electron chi connectivity index (χ4n) is 1.36. The summed E-state index contributed by atoms with van der Waals surface area (Å²) < 4.78 is 0. The molecule has 86 valence electrons. The summed E-state index contributed by atoms with van der Waals surface area (Å²) in [4.78, 5) is 21.8. The van der Waals surface area contributed by atoms with Crippen LogP contribution in [0, 0.1) is 0 Å². The second kappa shape index (κ2) is 5.66. The molecule has 4 heteroatoms. The van der Waals surface area contributed by atoms with Gasteiger partial charge in [-0.1, -0.05) is 11.6 Å². The second-order valence-electron chi connectivity index (χ2n) is 3.69. The van der Waals surface area contributed by atoms with Crippen molar-refractivity contribution < 1.29 is 9.59 Å². The van der Waals surface area contributed by atoms with E-state index >= 15 is 0 Å². The number of anilines is 1. The maximum absolute atomic E-state index is 10.9. The first kappa shape index (κ1) is 12.7. The van der Waals surface area contributed by atoms with Gasteiger partial charge in [0.1, 0.15) is 5.78 Å². The Labute approximate surface area is 99.8 Å². The third-order valence-corrected chi connectivity index (χ3v) is 2.48. The molecule has 0 radical (unpaired) electrons. The van der Waals surface area contributed by atoms with Crippen LogP contribution in [0.5, 0.6) is 0 Å². The summed E-state index contributed by atoms with van der Waals surface area (Å²) in [7, 11) is 0. The molecule has 0 aliphatic heterocycles. The number of ketones is 1. The smallest absolute Gasteiger partial charge is 0.221 e. The van der Waals surface area contributed by atoms with Crippen molar-refractivity contribution in [2.24, 2.45) is 0 Å². The van der Waals surface area contributed by atoms with Gasteiger partial charge in [0, 0.05) is 24.1 Å². The van der Waals surface area contributed by atoms with Crippen molar-refractivity contribution in [2.75, 3.05) is 5.32 Å². The summed E-state index contributed by atoms with van der Waals surface area (Å²) in [5.41, 5.74) is 1.58. The van der Waals surface area contributed by atoms with Gasteiger partial charge < -0.3 is 10.1 Å². The van der Waals surface area contributed by atoms with Gasteiger partial charge in [0.2, 0.25) is 5.91 Å². The SMILES string of the molecule is CC(=O)CCc1cc(NC(C)=O)ccc1Cl. The molecule has 1 aromatic carbocycles. The highest BCUT2D eigenvalue weighted by Gasteiger charge is 2.04. The molecule has 0 saturated heterocycles. The van der Waals surface area contributed by atoms with E-state index in [1.165, 1.54) is 6.92 Å². The molecule has 1 aromatic rings. The minimum absolute atomic E-state index is 0.125. The molecule has 0 spiro atoms. The maximum Gasteiger partial charge on any atom is 0.221 e. The highest BCUT2D eigenvalue weighted by Crippen LogP contribution is 2.22.